The minimum Gasteiger partial charge on any atom is -0.364 e. The van der Waals surface area contributed by atoms with Gasteiger partial charge in [0.25, 0.3) is 0 Å². The van der Waals surface area contributed by atoms with Gasteiger partial charge in [-0.2, -0.15) is 13.2 Å². The van der Waals surface area contributed by atoms with Gasteiger partial charge in [-0.1, -0.05) is 42.5 Å². The Labute approximate surface area is 115 Å². The van der Waals surface area contributed by atoms with Crippen molar-refractivity contribution < 1.29 is 17.9 Å². The Morgan fingerprint density at radius 2 is 1.55 bits per heavy atom. The zero-order valence-corrected chi connectivity index (χ0v) is 10.6. The zero-order chi connectivity index (χ0) is 14.2. The van der Waals surface area contributed by atoms with Crippen molar-refractivity contribution in [2.24, 2.45) is 0 Å². The van der Waals surface area contributed by atoms with E-state index in [1.807, 2.05) is 30.3 Å². The third-order valence-electron chi connectivity index (χ3n) is 3.43. The molecule has 2 aromatic carbocycles. The van der Waals surface area contributed by atoms with Gasteiger partial charge in [0, 0.05) is 6.42 Å². The molecule has 104 valence electrons. The Kier molecular flexibility index (Phi) is 3.26. The van der Waals surface area contributed by atoms with Gasteiger partial charge in [-0.25, -0.2) is 0 Å². The first-order valence-corrected chi connectivity index (χ1v) is 6.40. The molecule has 0 amide bonds. The van der Waals surface area contributed by atoms with E-state index in [1.54, 1.807) is 0 Å². The van der Waals surface area contributed by atoms with Gasteiger partial charge in [0.05, 0.1) is 11.7 Å². The van der Waals surface area contributed by atoms with Crippen LogP contribution in [0.25, 0.3) is 0 Å². The van der Waals surface area contributed by atoms with Crippen LogP contribution < -0.4 is 0 Å². The quantitative estimate of drug-likeness (QED) is 0.759. The van der Waals surface area contributed by atoms with Crippen LogP contribution in [0.4, 0.5) is 13.2 Å². The highest BCUT2D eigenvalue weighted by Gasteiger charge is 2.39. The Hall–Kier alpha value is -1.81. The first-order valence-electron chi connectivity index (χ1n) is 6.40. The van der Waals surface area contributed by atoms with Crippen molar-refractivity contribution in [2.45, 2.75) is 24.8 Å². The fraction of sp³-hybridized carbons (Fsp3) is 0.250. The standard InChI is InChI=1S/C16H13F3O/c17-16(18,19)13-8-6-11(7-9-13)10-14-15(20-14)12-4-2-1-3-5-12/h1-9,14-15H,10H2/t14-,15-/m1/s1. The van der Waals surface area contributed by atoms with E-state index in [0.717, 1.165) is 23.3 Å². The molecule has 3 rings (SSSR count). The van der Waals surface area contributed by atoms with Gasteiger partial charge in [0.15, 0.2) is 0 Å². The van der Waals surface area contributed by atoms with Crippen LogP contribution in [-0.4, -0.2) is 6.10 Å². The van der Waals surface area contributed by atoms with E-state index in [1.165, 1.54) is 12.1 Å². The fourth-order valence-corrected chi connectivity index (χ4v) is 2.30. The molecule has 20 heavy (non-hydrogen) atoms. The van der Waals surface area contributed by atoms with Crippen molar-refractivity contribution >= 4 is 0 Å². The number of epoxide rings is 1. The maximum atomic E-state index is 12.5. The molecule has 1 fully saturated rings. The zero-order valence-electron chi connectivity index (χ0n) is 10.6. The summed E-state index contributed by atoms with van der Waals surface area (Å²) in [6, 6.07) is 15.1. The first kappa shape index (κ1) is 13.2. The predicted molar refractivity (Wildman–Crippen MR) is 69.2 cm³/mol. The summed E-state index contributed by atoms with van der Waals surface area (Å²) in [6.45, 7) is 0. The van der Waals surface area contributed by atoms with Gasteiger partial charge in [0.2, 0.25) is 0 Å². The maximum Gasteiger partial charge on any atom is 0.416 e. The third kappa shape index (κ3) is 2.85. The van der Waals surface area contributed by atoms with Crippen molar-refractivity contribution in [3.8, 4) is 0 Å². The largest absolute Gasteiger partial charge is 0.416 e. The van der Waals surface area contributed by atoms with Crippen molar-refractivity contribution in [3.05, 3.63) is 71.3 Å². The Morgan fingerprint density at radius 1 is 0.900 bits per heavy atom. The first-order chi connectivity index (χ1) is 9.54. The minimum absolute atomic E-state index is 0.0640. The summed E-state index contributed by atoms with van der Waals surface area (Å²) < 4.78 is 42.9. The maximum absolute atomic E-state index is 12.5. The number of alkyl halides is 3. The average Bonchev–Trinajstić information content (AvgIpc) is 3.19. The monoisotopic (exact) mass is 278 g/mol. The van der Waals surface area contributed by atoms with Gasteiger partial charge in [-0.15, -0.1) is 0 Å². The second-order valence-electron chi connectivity index (χ2n) is 4.90. The molecule has 1 saturated heterocycles. The lowest BCUT2D eigenvalue weighted by molar-refractivity contribution is -0.137. The van der Waals surface area contributed by atoms with Crippen LogP contribution in [0, 0.1) is 0 Å². The summed E-state index contributed by atoms with van der Waals surface area (Å²) in [5.41, 5.74) is 1.36. The van der Waals surface area contributed by atoms with Crippen molar-refractivity contribution in [1.29, 1.82) is 0 Å². The summed E-state index contributed by atoms with van der Waals surface area (Å²) in [6.07, 6.45) is -3.51. The molecule has 0 aliphatic carbocycles. The smallest absolute Gasteiger partial charge is 0.364 e. The predicted octanol–water partition coefficient (Wildman–Crippen LogP) is 4.39. The van der Waals surface area contributed by atoms with Gasteiger partial charge in [-0.05, 0) is 23.3 Å². The van der Waals surface area contributed by atoms with Crippen molar-refractivity contribution in [1.82, 2.24) is 0 Å². The van der Waals surface area contributed by atoms with Gasteiger partial charge >= 0.3 is 6.18 Å². The van der Waals surface area contributed by atoms with Crippen LogP contribution in [0.3, 0.4) is 0 Å². The van der Waals surface area contributed by atoms with Crippen LogP contribution in [0.5, 0.6) is 0 Å². The van der Waals surface area contributed by atoms with E-state index in [0.29, 0.717) is 6.42 Å². The van der Waals surface area contributed by atoms with E-state index >= 15 is 0 Å². The molecular formula is C16H13F3O. The van der Waals surface area contributed by atoms with Gasteiger partial charge in [-0.3, -0.25) is 0 Å². The molecule has 1 aliphatic rings. The van der Waals surface area contributed by atoms with E-state index in [-0.39, 0.29) is 12.2 Å². The molecule has 1 heterocycles. The Morgan fingerprint density at radius 3 is 2.15 bits per heavy atom. The van der Waals surface area contributed by atoms with E-state index in [2.05, 4.69) is 0 Å². The van der Waals surface area contributed by atoms with Crippen LogP contribution in [0.15, 0.2) is 54.6 Å². The lowest BCUT2D eigenvalue weighted by Gasteiger charge is -2.06. The van der Waals surface area contributed by atoms with Crippen molar-refractivity contribution in [3.63, 3.8) is 0 Å². The summed E-state index contributed by atoms with van der Waals surface area (Å²) >= 11 is 0. The molecule has 0 N–H and O–H groups in total. The highest BCUT2D eigenvalue weighted by molar-refractivity contribution is 5.28. The molecule has 1 nitrogen and oxygen atoms in total. The highest BCUT2D eigenvalue weighted by Crippen LogP contribution is 2.40. The molecule has 0 saturated carbocycles. The minimum atomic E-state index is -4.28. The molecular weight excluding hydrogens is 265 g/mol. The van der Waals surface area contributed by atoms with Crippen LogP contribution in [-0.2, 0) is 17.3 Å². The SMILES string of the molecule is FC(F)(F)c1ccc(C[C@H]2O[C@@H]2c2ccccc2)cc1. The summed E-state index contributed by atoms with van der Waals surface area (Å²) in [4.78, 5) is 0. The summed E-state index contributed by atoms with van der Waals surface area (Å²) in [5.74, 6) is 0. The number of hydrogen-bond donors (Lipinski definition) is 0. The molecule has 1 aliphatic heterocycles. The Balaban J connectivity index is 1.63. The van der Waals surface area contributed by atoms with Crippen molar-refractivity contribution in [2.75, 3.05) is 0 Å². The topological polar surface area (TPSA) is 12.5 Å². The van der Waals surface area contributed by atoms with E-state index in [4.69, 9.17) is 4.74 Å². The average molecular weight is 278 g/mol. The molecule has 0 bridgehead atoms. The number of ether oxygens (including phenoxy) is 1. The number of hydrogen-bond acceptors (Lipinski definition) is 1. The van der Waals surface area contributed by atoms with Crippen LogP contribution in [0.2, 0.25) is 0 Å². The Bertz CT molecular complexity index is 575. The highest BCUT2D eigenvalue weighted by atomic mass is 19.4. The molecule has 2 aromatic rings. The molecule has 0 unspecified atom stereocenters. The molecule has 4 heteroatoms. The number of benzene rings is 2. The number of rotatable bonds is 3. The third-order valence-corrected chi connectivity index (χ3v) is 3.43. The van der Waals surface area contributed by atoms with Crippen LogP contribution in [0.1, 0.15) is 22.8 Å². The molecule has 0 radical (unpaired) electrons. The number of halogens is 3. The van der Waals surface area contributed by atoms with E-state index < -0.39 is 11.7 Å². The second-order valence-corrected chi connectivity index (χ2v) is 4.90. The van der Waals surface area contributed by atoms with Gasteiger partial charge in [0.1, 0.15) is 6.10 Å². The second kappa shape index (κ2) is 4.94. The van der Waals surface area contributed by atoms with Crippen LogP contribution >= 0.6 is 0 Å². The normalized spacial score (nSPS) is 21.8. The summed E-state index contributed by atoms with van der Waals surface area (Å²) in [7, 11) is 0. The lowest BCUT2D eigenvalue weighted by atomic mass is 10.0. The molecule has 0 aromatic heterocycles. The molecule has 2 atom stereocenters. The van der Waals surface area contributed by atoms with E-state index in [9.17, 15) is 13.2 Å². The fourth-order valence-electron chi connectivity index (χ4n) is 2.30. The lowest BCUT2D eigenvalue weighted by Crippen LogP contribution is -2.05. The van der Waals surface area contributed by atoms with Gasteiger partial charge < -0.3 is 4.74 Å². The molecule has 0 spiro atoms. The summed E-state index contributed by atoms with van der Waals surface area (Å²) in [5, 5.41) is 0.